The number of amides is 1. The summed E-state index contributed by atoms with van der Waals surface area (Å²) in [5, 5.41) is 8.74. The van der Waals surface area contributed by atoms with Gasteiger partial charge in [-0.1, -0.05) is 12.7 Å². The maximum absolute atomic E-state index is 11.6. The van der Waals surface area contributed by atoms with E-state index in [-0.39, 0.29) is 25.3 Å². The molecule has 0 radical (unpaired) electrons. The van der Waals surface area contributed by atoms with Crippen LogP contribution in [0.1, 0.15) is 25.7 Å². The number of aliphatic hydroxyl groups is 1. The lowest BCUT2D eigenvalue weighted by molar-refractivity contribution is 0.105. The number of hydrogen-bond acceptors (Lipinski definition) is 3. The minimum absolute atomic E-state index is 0.187. The number of carbonyl (C=O) groups is 1. The van der Waals surface area contributed by atoms with Crippen molar-refractivity contribution in [1.29, 1.82) is 0 Å². The molecule has 0 aliphatic carbocycles. The first kappa shape index (κ1) is 12.0. The molecule has 1 saturated heterocycles. The fourth-order valence-electron chi connectivity index (χ4n) is 1.92. The molecule has 4 nitrogen and oxygen atoms in total. The van der Waals surface area contributed by atoms with Crippen LogP contribution in [0.2, 0.25) is 0 Å². The van der Waals surface area contributed by atoms with Gasteiger partial charge in [0.2, 0.25) is 0 Å². The molecule has 0 aromatic rings. The number of hydrogen-bond donors (Lipinski definition) is 1. The predicted molar refractivity (Wildman–Crippen MR) is 57.6 cm³/mol. The Balaban J connectivity index is 2.37. The molecule has 86 valence electrons. The van der Waals surface area contributed by atoms with E-state index in [0.29, 0.717) is 0 Å². The minimum atomic E-state index is -0.254. The molecule has 1 fully saturated rings. The van der Waals surface area contributed by atoms with Crippen LogP contribution in [0.3, 0.4) is 0 Å². The van der Waals surface area contributed by atoms with Crippen LogP contribution in [0.5, 0.6) is 0 Å². The molecular weight excluding hydrogens is 194 g/mol. The Morgan fingerprint density at radius 3 is 3.13 bits per heavy atom. The number of rotatable bonds is 5. The average Bonchev–Trinajstić information content (AvgIpc) is 2.71. The second-order valence-corrected chi connectivity index (χ2v) is 3.72. The van der Waals surface area contributed by atoms with Gasteiger partial charge in [-0.2, -0.15) is 0 Å². The Morgan fingerprint density at radius 1 is 1.67 bits per heavy atom. The van der Waals surface area contributed by atoms with Gasteiger partial charge in [-0.05, 0) is 25.7 Å². The van der Waals surface area contributed by atoms with Gasteiger partial charge in [0.1, 0.15) is 6.61 Å². The molecule has 1 aliphatic rings. The van der Waals surface area contributed by atoms with Crippen LogP contribution in [-0.2, 0) is 4.74 Å². The molecule has 0 aromatic heterocycles. The highest BCUT2D eigenvalue weighted by atomic mass is 16.6. The van der Waals surface area contributed by atoms with Crippen LogP contribution in [0.4, 0.5) is 4.79 Å². The van der Waals surface area contributed by atoms with E-state index in [2.05, 4.69) is 6.58 Å². The molecule has 0 spiro atoms. The summed E-state index contributed by atoms with van der Waals surface area (Å²) in [7, 11) is 0. The van der Waals surface area contributed by atoms with Crippen molar-refractivity contribution >= 4 is 6.09 Å². The van der Waals surface area contributed by atoms with Gasteiger partial charge in [-0.3, -0.25) is 0 Å². The summed E-state index contributed by atoms with van der Waals surface area (Å²) in [6.45, 7) is 4.72. The largest absolute Gasteiger partial charge is 0.445 e. The van der Waals surface area contributed by atoms with Crippen molar-refractivity contribution in [2.45, 2.75) is 31.7 Å². The van der Waals surface area contributed by atoms with E-state index >= 15 is 0 Å². The number of nitrogens with zero attached hydrogens (tertiary/aromatic N) is 1. The molecule has 1 unspecified atom stereocenters. The molecule has 0 bridgehead atoms. The quantitative estimate of drug-likeness (QED) is 0.705. The first-order valence-corrected chi connectivity index (χ1v) is 5.44. The lowest BCUT2D eigenvalue weighted by atomic mass is 10.1. The molecule has 1 N–H and O–H groups in total. The van der Waals surface area contributed by atoms with Crippen LogP contribution in [0.25, 0.3) is 0 Å². The Labute approximate surface area is 90.5 Å². The van der Waals surface area contributed by atoms with Crippen molar-refractivity contribution in [3.8, 4) is 0 Å². The topological polar surface area (TPSA) is 49.8 Å². The lowest BCUT2D eigenvalue weighted by Crippen LogP contribution is -2.36. The molecule has 1 aliphatic heterocycles. The minimum Gasteiger partial charge on any atom is -0.445 e. The Kier molecular flexibility index (Phi) is 5.18. The first-order valence-electron chi connectivity index (χ1n) is 5.44. The second kappa shape index (κ2) is 6.45. The van der Waals surface area contributed by atoms with Crippen LogP contribution in [0.15, 0.2) is 12.7 Å². The van der Waals surface area contributed by atoms with Gasteiger partial charge < -0.3 is 14.7 Å². The highest BCUT2D eigenvalue weighted by molar-refractivity contribution is 5.68. The van der Waals surface area contributed by atoms with Gasteiger partial charge in [-0.15, -0.1) is 0 Å². The van der Waals surface area contributed by atoms with E-state index in [1.54, 1.807) is 11.0 Å². The fraction of sp³-hybridized carbons (Fsp3) is 0.727. The number of aliphatic hydroxyl groups excluding tert-OH is 1. The summed E-state index contributed by atoms with van der Waals surface area (Å²) in [6, 6.07) is 0.245. The van der Waals surface area contributed by atoms with E-state index in [1.807, 2.05) is 0 Å². The van der Waals surface area contributed by atoms with E-state index in [1.165, 1.54) is 0 Å². The lowest BCUT2D eigenvalue weighted by Gasteiger charge is -2.23. The summed E-state index contributed by atoms with van der Waals surface area (Å²) in [4.78, 5) is 13.3. The summed E-state index contributed by atoms with van der Waals surface area (Å²) >= 11 is 0. The summed E-state index contributed by atoms with van der Waals surface area (Å²) in [6.07, 6.45) is 4.96. The van der Waals surface area contributed by atoms with E-state index < -0.39 is 0 Å². The highest BCUT2D eigenvalue weighted by Crippen LogP contribution is 2.21. The normalized spacial score (nSPS) is 20.3. The van der Waals surface area contributed by atoms with Crippen LogP contribution in [-0.4, -0.2) is 41.9 Å². The van der Waals surface area contributed by atoms with Gasteiger partial charge in [0.05, 0.1) is 0 Å². The van der Waals surface area contributed by atoms with Gasteiger partial charge in [-0.25, -0.2) is 4.79 Å². The third-order valence-electron chi connectivity index (χ3n) is 2.63. The van der Waals surface area contributed by atoms with Gasteiger partial charge in [0.15, 0.2) is 0 Å². The predicted octanol–water partition coefficient (Wildman–Crippen LogP) is 1.55. The zero-order chi connectivity index (χ0) is 11.1. The van der Waals surface area contributed by atoms with Gasteiger partial charge >= 0.3 is 6.09 Å². The van der Waals surface area contributed by atoms with Crippen molar-refractivity contribution < 1.29 is 14.6 Å². The molecule has 4 heteroatoms. The third kappa shape index (κ3) is 3.55. The molecule has 1 heterocycles. The zero-order valence-electron chi connectivity index (χ0n) is 9.02. The van der Waals surface area contributed by atoms with E-state index in [9.17, 15) is 4.79 Å². The Bertz CT molecular complexity index is 218. The molecule has 1 rings (SSSR count). The van der Waals surface area contributed by atoms with Gasteiger partial charge in [0, 0.05) is 19.2 Å². The molecule has 1 atom stereocenters. The van der Waals surface area contributed by atoms with Crippen LogP contribution >= 0.6 is 0 Å². The van der Waals surface area contributed by atoms with Crippen molar-refractivity contribution in [3.63, 3.8) is 0 Å². The monoisotopic (exact) mass is 213 g/mol. The van der Waals surface area contributed by atoms with Crippen molar-refractivity contribution in [3.05, 3.63) is 12.7 Å². The average molecular weight is 213 g/mol. The molecular formula is C11H19NO3. The second-order valence-electron chi connectivity index (χ2n) is 3.72. The van der Waals surface area contributed by atoms with Crippen molar-refractivity contribution in [2.75, 3.05) is 19.8 Å². The summed E-state index contributed by atoms with van der Waals surface area (Å²) < 4.78 is 4.99. The molecule has 15 heavy (non-hydrogen) atoms. The maximum atomic E-state index is 11.6. The third-order valence-corrected chi connectivity index (χ3v) is 2.63. The number of ether oxygens (including phenoxy) is 1. The van der Waals surface area contributed by atoms with E-state index in [0.717, 1.165) is 32.2 Å². The van der Waals surface area contributed by atoms with Crippen molar-refractivity contribution in [1.82, 2.24) is 4.90 Å². The Morgan fingerprint density at radius 2 is 2.47 bits per heavy atom. The van der Waals surface area contributed by atoms with Gasteiger partial charge in [0.25, 0.3) is 0 Å². The number of carbonyl (C=O) groups excluding carboxylic acids is 1. The molecule has 1 amide bonds. The molecule has 0 aromatic carbocycles. The maximum Gasteiger partial charge on any atom is 0.410 e. The SMILES string of the molecule is C=CCOC(=O)N1CCCC1CCCO. The van der Waals surface area contributed by atoms with Crippen LogP contribution < -0.4 is 0 Å². The highest BCUT2D eigenvalue weighted by Gasteiger charge is 2.28. The summed E-state index contributed by atoms with van der Waals surface area (Å²) in [5.74, 6) is 0. The Hall–Kier alpha value is -1.03. The van der Waals surface area contributed by atoms with Crippen LogP contribution in [0, 0.1) is 0 Å². The smallest absolute Gasteiger partial charge is 0.410 e. The first-order chi connectivity index (χ1) is 7.29. The fourth-order valence-corrected chi connectivity index (χ4v) is 1.92. The molecule has 0 saturated carbocycles. The standard InChI is InChI=1S/C11H19NO3/c1-2-9-15-11(14)12-7-3-5-10(12)6-4-8-13/h2,10,13H,1,3-9H2. The van der Waals surface area contributed by atoms with E-state index in [4.69, 9.17) is 9.84 Å². The zero-order valence-corrected chi connectivity index (χ0v) is 9.02. The van der Waals surface area contributed by atoms with Crippen molar-refractivity contribution in [2.24, 2.45) is 0 Å². The number of likely N-dealkylation sites (tertiary alicyclic amines) is 1. The summed E-state index contributed by atoms with van der Waals surface area (Å²) in [5.41, 5.74) is 0.